The minimum atomic E-state index is -3.66. The van der Waals surface area contributed by atoms with Crippen LogP contribution in [0, 0.1) is 11.7 Å². The number of pyridine rings is 2. The summed E-state index contributed by atoms with van der Waals surface area (Å²) in [6.45, 7) is 3.26. The molecule has 2 atom stereocenters. The molecule has 0 bridgehead atoms. The van der Waals surface area contributed by atoms with Gasteiger partial charge in [-0.05, 0) is 78.9 Å². The molecule has 2 aromatic heterocycles. The van der Waals surface area contributed by atoms with Crippen LogP contribution < -0.4 is 11.1 Å². The molecular weight excluding hydrogens is 509 g/mol. The fourth-order valence-electron chi connectivity index (χ4n) is 4.60. The predicted molar refractivity (Wildman–Crippen MR) is 131 cm³/mol. The minimum Gasteiger partial charge on any atom is -0.386 e. The van der Waals surface area contributed by atoms with E-state index in [0.717, 1.165) is 22.7 Å². The third-order valence-electron chi connectivity index (χ3n) is 6.72. The lowest BCUT2D eigenvalue weighted by Crippen LogP contribution is -2.58. The highest BCUT2D eigenvalue weighted by Crippen LogP contribution is 2.49. The quantitative estimate of drug-likeness (QED) is 0.514. The van der Waals surface area contributed by atoms with Crippen molar-refractivity contribution < 1.29 is 12.8 Å². The van der Waals surface area contributed by atoms with Crippen molar-refractivity contribution in [2.45, 2.75) is 37.0 Å². The number of hydrogen-bond donors (Lipinski definition) is 2. The Morgan fingerprint density at radius 3 is 2.64 bits per heavy atom. The van der Waals surface area contributed by atoms with Gasteiger partial charge in [-0.1, -0.05) is 0 Å². The van der Waals surface area contributed by atoms with E-state index in [2.05, 4.69) is 36.2 Å². The fourth-order valence-corrected chi connectivity index (χ4v) is 7.32. The normalized spacial score (nSPS) is 26.7. The lowest BCUT2D eigenvalue weighted by molar-refractivity contribution is 0.463. The van der Waals surface area contributed by atoms with Gasteiger partial charge in [0.1, 0.15) is 27.5 Å². The highest BCUT2D eigenvalue weighted by Gasteiger charge is 2.58. The highest BCUT2D eigenvalue weighted by atomic mass is 79.9. The second kappa shape index (κ2) is 7.46. The van der Waals surface area contributed by atoms with Crippen LogP contribution in [-0.2, 0) is 15.4 Å². The molecule has 3 aromatic rings. The summed E-state index contributed by atoms with van der Waals surface area (Å²) in [5.74, 6) is -0.322. The maximum Gasteiger partial charge on any atom is 0.165 e. The Balaban J connectivity index is 1.56. The van der Waals surface area contributed by atoms with Crippen molar-refractivity contribution >= 4 is 54.0 Å². The molecule has 0 amide bonds. The first-order chi connectivity index (χ1) is 15.5. The minimum absolute atomic E-state index is 0.0291. The smallest absolute Gasteiger partial charge is 0.165 e. The van der Waals surface area contributed by atoms with E-state index in [4.69, 9.17) is 5.73 Å². The molecule has 0 saturated heterocycles. The average molecular weight is 532 g/mol. The van der Waals surface area contributed by atoms with Gasteiger partial charge in [-0.3, -0.25) is 9.98 Å². The van der Waals surface area contributed by atoms with Crippen LogP contribution in [0.4, 0.5) is 15.9 Å². The van der Waals surface area contributed by atoms with Gasteiger partial charge >= 0.3 is 0 Å². The van der Waals surface area contributed by atoms with Crippen LogP contribution >= 0.6 is 15.9 Å². The maximum absolute atomic E-state index is 15.0. The Labute approximate surface area is 199 Å². The third kappa shape index (κ3) is 3.59. The summed E-state index contributed by atoms with van der Waals surface area (Å²) in [7, 11) is -3.66. The van der Waals surface area contributed by atoms with Gasteiger partial charge in [0.15, 0.2) is 15.7 Å². The van der Waals surface area contributed by atoms with E-state index >= 15 is 4.39 Å². The SMILES string of the molecule is C[C@@]1(c2cc(Nc3nccc4cc(Br)cnc34)ccc2F)CS(=O)(=O)[C@@](C)(C2CC2)C(N)=N1. The third-order valence-corrected chi connectivity index (χ3v) is 9.93. The molecule has 1 saturated carbocycles. The molecule has 5 rings (SSSR count). The van der Waals surface area contributed by atoms with Crippen LogP contribution in [0.3, 0.4) is 0 Å². The zero-order chi connectivity index (χ0) is 23.6. The zero-order valence-electron chi connectivity index (χ0n) is 18.1. The van der Waals surface area contributed by atoms with Gasteiger partial charge in [0.2, 0.25) is 0 Å². The van der Waals surface area contributed by atoms with Crippen molar-refractivity contribution in [3.63, 3.8) is 0 Å². The molecule has 0 spiro atoms. The predicted octanol–water partition coefficient (Wildman–Crippen LogP) is 4.44. The molecule has 1 aliphatic carbocycles. The Morgan fingerprint density at radius 2 is 1.94 bits per heavy atom. The van der Waals surface area contributed by atoms with E-state index in [-0.39, 0.29) is 23.1 Å². The van der Waals surface area contributed by atoms with Gasteiger partial charge in [-0.2, -0.15) is 0 Å². The van der Waals surface area contributed by atoms with Crippen LogP contribution in [-0.4, -0.2) is 34.7 Å². The Morgan fingerprint density at radius 1 is 1.18 bits per heavy atom. The number of fused-ring (bicyclic) bond motifs is 1. The number of anilines is 2. The van der Waals surface area contributed by atoms with Crippen molar-refractivity contribution in [3.05, 3.63) is 58.6 Å². The summed E-state index contributed by atoms with van der Waals surface area (Å²) in [5, 5.41) is 4.06. The number of hydrogen-bond acceptors (Lipinski definition) is 7. The topological polar surface area (TPSA) is 110 Å². The number of aliphatic imine (C=N–C) groups is 1. The van der Waals surface area contributed by atoms with Gasteiger partial charge in [-0.25, -0.2) is 17.8 Å². The Kier molecular flexibility index (Phi) is 5.02. The van der Waals surface area contributed by atoms with Crippen molar-refractivity contribution in [2.75, 3.05) is 11.1 Å². The number of nitrogens with two attached hydrogens (primary N) is 1. The largest absolute Gasteiger partial charge is 0.386 e. The van der Waals surface area contributed by atoms with E-state index in [9.17, 15) is 8.42 Å². The Bertz CT molecular complexity index is 1430. The number of sulfone groups is 1. The second-order valence-electron chi connectivity index (χ2n) is 9.12. The lowest BCUT2D eigenvalue weighted by Gasteiger charge is -2.40. The zero-order valence-corrected chi connectivity index (χ0v) is 20.5. The average Bonchev–Trinajstić information content (AvgIpc) is 3.58. The molecular formula is C23H23BrFN5O2S. The number of aromatic nitrogens is 2. The van der Waals surface area contributed by atoms with Crippen LogP contribution in [0.5, 0.6) is 0 Å². The van der Waals surface area contributed by atoms with E-state index in [1.54, 1.807) is 38.4 Å². The molecule has 3 heterocycles. The molecule has 3 N–H and O–H groups in total. The molecule has 7 nitrogen and oxygen atoms in total. The van der Waals surface area contributed by atoms with Gasteiger partial charge in [0.05, 0.1) is 5.75 Å². The molecule has 33 heavy (non-hydrogen) atoms. The molecule has 1 fully saturated rings. The first kappa shape index (κ1) is 22.2. The molecule has 0 unspecified atom stereocenters. The van der Waals surface area contributed by atoms with Crippen LogP contribution in [0.25, 0.3) is 10.9 Å². The summed E-state index contributed by atoms with van der Waals surface area (Å²) < 4.78 is 41.3. The van der Waals surface area contributed by atoms with Gasteiger partial charge < -0.3 is 11.1 Å². The summed E-state index contributed by atoms with van der Waals surface area (Å²) in [5.41, 5.74) is 6.25. The fraction of sp³-hybridized carbons (Fsp3) is 0.348. The van der Waals surface area contributed by atoms with Crippen LogP contribution in [0.15, 0.2) is 52.2 Å². The highest BCUT2D eigenvalue weighted by molar-refractivity contribution is 9.10. The van der Waals surface area contributed by atoms with E-state index in [1.165, 1.54) is 6.07 Å². The first-order valence-electron chi connectivity index (χ1n) is 10.6. The van der Waals surface area contributed by atoms with Crippen LogP contribution in [0.2, 0.25) is 0 Å². The number of nitrogens with one attached hydrogen (secondary N) is 1. The number of benzene rings is 1. The monoisotopic (exact) mass is 531 g/mol. The summed E-state index contributed by atoms with van der Waals surface area (Å²) >= 11 is 3.41. The van der Waals surface area contributed by atoms with E-state index < -0.39 is 25.9 Å². The molecule has 0 radical (unpaired) electrons. The van der Waals surface area contributed by atoms with Gasteiger partial charge in [0, 0.05) is 33.5 Å². The molecule has 2 aliphatic rings. The summed E-state index contributed by atoms with van der Waals surface area (Å²) in [4.78, 5) is 13.4. The van der Waals surface area contributed by atoms with Gasteiger partial charge in [-0.15, -0.1) is 0 Å². The molecule has 1 aromatic carbocycles. The first-order valence-corrected chi connectivity index (χ1v) is 13.0. The van der Waals surface area contributed by atoms with Crippen LogP contribution in [0.1, 0.15) is 32.3 Å². The molecule has 172 valence electrons. The molecule has 1 aliphatic heterocycles. The van der Waals surface area contributed by atoms with Gasteiger partial charge in [0.25, 0.3) is 0 Å². The van der Waals surface area contributed by atoms with Crippen molar-refractivity contribution in [1.29, 1.82) is 0 Å². The van der Waals surface area contributed by atoms with E-state index in [1.807, 2.05) is 12.1 Å². The molecule has 10 heteroatoms. The van der Waals surface area contributed by atoms with Crippen molar-refractivity contribution in [2.24, 2.45) is 16.6 Å². The van der Waals surface area contributed by atoms with E-state index in [0.29, 0.717) is 17.0 Å². The Hall–Kier alpha value is -2.59. The summed E-state index contributed by atoms with van der Waals surface area (Å²) in [6.07, 6.45) is 4.94. The summed E-state index contributed by atoms with van der Waals surface area (Å²) in [6, 6.07) is 8.20. The number of rotatable bonds is 4. The number of nitrogens with zero attached hydrogens (tertiary/aromatic N) is 3. The van der Waals surface area contributed by atoms with Crippen molar-refractivity contribution in [3.8, 4) is 0 Å². The maximum atomic E-state index is 15.0. The second-order valence-corrected chi connectivity index (χ2v) is 12.4. The lowest BCUT2D eigenvalue weighted by atomic mass is 9.92. The number of halogens is 2. The number of amidine groups is 1. The standard InChI is InChI=1S/C23H23BrFN5O2S/c1-22(12-33(31,32)23(2,14-3-4-14)21(26)30-22)17-10-16(5-6-18(17)25)29-20-19-13(7-8-27-20)9-15(24)11-28-19/h5-11,14H,3-4,12H2,1-2H3,(H2,26,30)(H,27,29)/t22-,23-/m0/s1. The van der Waals surface area contributed by atoms with Crippen molar-refractivity contribution in [1.82, 2.24) is 9.97 Å².